The van der Waals surface area contributed by atoms with E-state index in [4.69, 9.17) is 15.5 Å². The number of nitriles is 1. The molecule has 0 aromatic carbocycles. The lowest BCUT2D eigenvalue weighted by Gasteiger charge is -1.92. The van der Waals surface area contributed by atoms with Crippen molar-refractivity contribution >= 4 is 5.96 Å². The van der Waals surface area contributed by atoms with Gasteiger partial charge in [0.2, 0.25) is 5.96 Å². The van der Waals surface area contributed by atoms with E-state index in [1.54, 1.807) is 19.2 Å². The van der Waals surface area contributed by atoms with Gasteiger partial charge in [-0.3, -0.25) is 5.32 Å². The highest BCUT2D eigenvalue weighted by molar-refractivity contribution is 5.79. The zero-order chi connectivity index (χ0) is 9.68. The molecule has 0 bridgehead atoms. The molecule has 13 heavy (non-hydrogen) atoms. The van der Waals surface area contributed by atoms with Crippen LogP contribution in [0.5, 0.6) is 0 Å². The van der Waals surface area contributed by atoms with Crippen LogP contribution in [0.1, 0.15) is 11.5 Å². The summed E-state index contributed by atoms with van der Waals surface area (Å²) in [4.78, 5) is 3.84. The van der Waals surface area contributed by atoms with Crippen LogP contribution in [0.3, 0.4) is 0 Å². The van der Waals surface area contributed by atoms with Crippen LogP contribution in [0.15, 0.2) is 15.6 Å². The highest BCUT2D eigenvalue weighted by atomic mass is 16.5. The first-order valence-electron chi connectivity index (χ1n) is 3.59. The number of nitrogens with zero attached hydrogens (tertiary/aromatic N) is 3. The van der Waals surface area contributed by atoms with Crippen molar-refractivity contribution in [3.05, 3.63) is 17.5 Å². The van der Waals surface area contributed by atoms with Crippen LogP contribution in [0, 0.1) is 18.4 Å². The minimum Gasteiger partial charge on any atom is -0.369 e. The van der Waals surface area contributed by atoms with Crippen molar-refractivity contribution in [1.82, 2.24) is 10.5 Å². The van der Waals surface area contributed by atoms with E-state index in [2.05, 4.69) is 15.5 Å². The standard InChI is InChI=1S/C7H9N5O/c1-5-2-6(12-13-5)3-10-7(9)11-4-8/h2H,3H2,1H3,(H3,9,10,11). The maximum Gasteiger partial charge on any atom is 0.202 e. The number of aromatic nitrogens is 1. The van der Waals surface area contributed by atoms with Crippen LogP contribution < -0.4 is 11.1 Å². The third-order valence-electron chi connectivity index (χ3n) is 1.27. The van der Waals surface area contributed by atoms with Crippen LogP contribution in [0.2, 0.25) is 0 Å². The molecule has 0 amide bonds. The van der Waals surface area contributed by atoms with Crippen molar-refractivity contribution in [3.8, 4) is 6.19 Å². The number of rotatable bonds is 2. The zero-order valence-corrected chi connectivity index (χ0v) is 7.11. The van der Waals surface area contributed by atoms with E-state index in [0.717, 1.165) is 5.76 Å². The molecular formula is C7H9N5O. The van der Waals surface area contributed by atoms with E-state index in [1.165, 1.54) is 0 Å². The number of aliphatic imine (C=N–C) groups is 1. The summed E-state index contributed by atoms with van der Waals surface area (Å²) in [5.41, 5.74) is 5.98. The highest BCUT2D eigenvalue weighted by Crippen LogP contribution is 2.01. The number of guanidine groups is 1. The first-order valence-corrected chi connectivity index (χ1v) is 3.59. The van der Waals surface area contributed by atoms with Gasteiger partial charge in [-0.2, -0.15) is 5.26 Å². The van der Waals surface area contributed by atoms with Crippen LogP contribution in [-0.4, -0.2) is 11.1 Å². The average molecular weight is 179 g/mol. The summed E-state index contributed by atoms with van der Waals surface area (Å²) in [6.45, 7) is 2.09. The molecule has 0 aliphatic carbocycles. The van der Waals surface area contributed by atoms with Crippen molar-refractivity contribution in [2.75, 3.05) is 0 Å². The van der Waals surface area contributed by atoms with E-state index in [-0.39, 0.29) is 5.96 Å². The minimum atomic E-state index is 0.0724. The molecular weight excluding hydrogens is 170 g/mol. The Bertz CT molecular complexity index is 348. The second-order valence-corrected chi connectivity index (χ2v) is 2.37. The summed E-state index contributed by atoms with van der Waals surface area (Å²) >= 11 is 0. The Morgan fingerprint density at radius 3 is 3.23 bits per heavy atom. The maximum absolute atomic E-state index is 8.18. The second-order valence-electron chi connectivity index (χ2n) is 2.37. The Morgan fingerprint density at radius 1 is 1.92 bits per heavy atom. The third kappa shape index (κ3) is 2.83. The molecule has 0 saturated heterocycles. The molecule has 0 radical (unpaired) electrons. The first-order chi connectivity index (χ1) is 6.22. The number of hydrogen-bond donors (Lipinski definition) is 2. The molecule has 0 aliphatic heterocycles. The van der Waals surface area contributed by atoms with Gasteiger partial charge in [0.1, 0.15) is 11.5 Å². The van der Waals surface area contributed by atoms with Crippen LogP contribution >= 0.6 is 0 Å². The lowest BCUT2D eigenvalue weighted by Crippen LogP contribution is -2.27. The van der Waals surface area contributed by atoms with Gasteiger partial charge in [-0.25, -0.2) is 4.99 Å². The van der Waals surface area contributed by atoms with E-state index in [1.807, 2.05) is 0 Å². The van der Waals surface area contributed by atoms with Gasteiger partial charge in [-0.15, -0.1) is 0 Å². The Kier molecular flexibility index (Phi) is 2.87. The predicted octanol–water partition coefficient (Wildman–Crippen LogP) is -0.132. The monoisotopic (exact) mass is 179 g/mol. The number of nitrogens with one attached hydrogen (secondary N) is 1. The molecule has 0 saturated carbocycles. The number of nitrogens with two attached hydrogens (primary N) is 1. The normalized spacial score (nSPS) is 10.9. The van der Waals surface area contributed by atoms with Crippen LogP contribution in [-0.2, 0) is 6.54 Å². The van der Waals surface area contributed by atoms with Crippen molar-refractivity contribution in [3.63, 3.8) is 0 Å². The van der Waals surface area contributed by atoms with E-state index >= 15 is 0 Å². The smallest absolute Gasteiger partial charge is 0.202 e. The number of hydrogen-bond acceptors (Lipinski definition) is 4. The van der Waals surface area contributed by atoms with Crippen molar-refractivity contribution in [2.24, 2.45) is 10.7 Å². The summed E-state index contributed by atoms with van der Waals surface area (Å²) in [7, 11) is 0. The Morgan fingerprint density at radius 2 is 2.69 bits per heavy atom. The van der Waals surface area contributed by atoms with Gasteiger partial charge in [0.15, 0.2) is 6.19 Å². The fourth-order valence-electron chi connectivity index (χ4n) is 0.755. The third-order valence-corrected chi connectivity index (χ3v) is 1.27. The average Bonchev–Trinajstić information content (AvgIpc) is 2.49. The maximum atomic E-state index is 8.18. The quantitative estimate of drug-likeness (QED) is 0.285. The van der Waals surface area contributed by atoms with Crippen molar-refractivity contribution in [1.29, 1.82) is 5.26 Å². The molecule has 0 aliphatic rings. The highest BCUT2D eigenvalue weighted by Gasteiger charge is 1.98. The van der Waals surface area contributed by atoms with E-state index in [0.29, 0.717) is 12.2 Å². The van der Waals surface area contributed by atoms with Gasteiger partial charge in [0, 0.05) is 6.07 Å². The predicted molar refractivity (Wildman–Crippen MR) is 45.3 cm³/mol. The molecule has 68 valence electrons. The summed E-state index contributed by atoms with van der Waals surface area (Å²) < 4.78 is 4.81. The minimum absolute atomic E-state index is 0.0724. The fraction of sp³-hybridized carbons (Fsp3) is 0.286. The fourth-order valence-corrected chi connectivity index (χ4v) is 0.755. The van der Waals surface area contributed by atoms with E-state index < -0.39 is 0 Å². The summed E-state index contributed by atoms with van der Waals surface area (Å²) in [5, 5.41) is 14.1. The van der Waals surface area contributed by atoms with Gasteiger partial charge in [0.25, 0.3) is 0 Å². The largest absolute Gasteiger partial charge is 0.369 e. The van der Waals surface area contributed by atoms with Gasteiger partial charge in [-0.05, 0) is 6.92 Å². The lowest BCUT2D eigenvalue weighted by molar-refractivity contribution is 0.391. The SMILES string of the molecule is Cc1cc(CN=C(N)NC#N)no1. The molecule has 1 heterocycles. The van der Waals surface area contributed by atoms with Gasteiger partial charge in [-0.1, -0.05) is 5.16 Å². The Balaban J connectivity index is 2.52. The Hall–Kier alpha value is -2.03. The topological polar surface area (TPSA) is 100 Å². The molecule has 6 heteroatoms. The summed E-state index contributed by atoms with van der Waals surface area (Å²) in [6, 6.07) is 1.75. The molecule has 0 fully saturated rings. The van der Waals surface area contributed by atoms with Crippen LogP contribution in [0.25, 0.3) is 0 Å². The molecule has 1 rings (SSSR count). The molecule has 0 unspecified atom stereocenters. The Labute approximate surface area is 75.0 Å². The molecule has 0 spiro atoms. The summed E-state index contributed by atoms with van der Waals surface area (Å²) in [6.07, 6.45) is 1.66. The van der Waals surface area contributed by atoms with E-state index in [9.17, 15) is 0 Å². The number of aryl methyl sites for hydroxylation is 1. The molecule has 1 aromatic rings. The summed E-state index contributed by atoms with van der Waals surface area (Å²) in [5.74, 6) is 0.792. The van der Waals surface area contributed by atoms with Gasteiger partial charge < -0.3 is 10.3 Å². The van der Waals surface area contributed by atoms with Crippen molar-refractivity contribution < 1.29 is 4.52 Å². The first kappa shape index (κ1) is 9.06. The second kappa shape index (κ2) is 4.11. The lowest BCUT2D eigenvalue weighted by atomic mass is 10.4. The molecule has 1 aromatic heterocycles. The van der Waals surface area contributed by atoms with Gasteiger partial charge >= 0.3 is 0 Å². The van der Waals surface area contributed by atoms with Crippen molar-refractivity contribution in [2.45, 2.75) is 13.5 Å². The van der Waals surface area contributed by atoms with Gasteiger partial charge in [0.05, 0.1) is 6.54 Å². The zero-order valence-electron chi connectivity index (χ0n) is 7.11. The molecule has 6 nitrogen and oxygen atoms in total. The molecule has 3 N–H and O–H groups in total. The van der Waals surface area contributed by atoms with Crippen LogP contribution in [0.4, 0.5) is 0 Å². The molecule has 0 atom stereocenters.